The Kier molecular flexibility index (Phi) is 20.5. The molecule has 0 aromatic heterocycles. The Balaban J connectivity index is 0.000000461. The van der Waals surface area contributed by atoms with Crippen molar-refractivity contribution >= 4 is 20.3 Å². The molecule has 0 unspecified atom stereocenters. The second-order valence-electron chi connectivity index (χ2n) is 18.8. The number of ether oxygens (including phenoxy) is 4. The standard InChI is InChI=1S/C31H46O5Si.C18H28O5.CH4/c1-10-14-22(2)28-23(3)17-18-26-31(7,35-29(33-26)24-15-12-11-13-16-24)20-19-25(21-27(32)34-28)36-37(8,9)30(4,5)6;1-5-6-12(2)17-13(3)7-8-15(20)18(4,22)10-9-14(19)11-16(21)23-17;/h10-18,23,25-26,28-29H,1,19-21H2,2-9H3;5-8,13-15,17,19-20,22H,1,9-11H2,2-4H3;1H4/b18-17+,22-14+;8-7+,12-6+;/t23-,25+,26-,28+,29-,31+;13-,14+,15-,17+,18+;/m00./s1. The average Bonchev–Trinajstić information content (AvgIpc) is 3.50. The van der Waals surface area contributed by atoms with Crippen LogP contribution >= 0.6 is 0 Å². The van der Waals surface area contributed by atoms with E-state index >= 15 is 0 Å². The Morgan fingerprint density at radius 3 is 1.89 bits per heavy atom. The zero-order chi connectivity index (χ0) is 45.1. The van der Waals surface area contributed by atoms with Crippen molar-refractivity contribution in [3.63, 3.8) is 0 Å². The lowest BCUT2D eigenvalue weighted by atomic mass is 9.89. The number of cyclic esters (lactones) is 2. The Bertz CT molecular complexity index is 1710. The van der Waals surface area contributed by atoms with Crippen LogP contribution in [0.25, 0.3) is 0 Å². The fourth-order valence-corrected chi connectivity index (χ4v) is 8.68. The lowest BCUT2D eigenvalue weighted by molar-refractivity contribution is -0.152. The first-order valence-corrected chi connectivity index (χ1v) is 24.3. The van der Waals surface area contributed by atoms with Crippen molar-refractivity contribution in [3.05, 3.63) is 109 Å². The van der Waals surface area contributed by atoms with Gasteiger partial charge in [-0.05, 0) is 82.7 Å². The van der Waals surface area contributed by atoms with Gasteiger partial charge in [-0.2, -0.15) is 0 Å². The second-order valence-corrected chi connectivity index (χ2v) is 23.5. The van der Waals surface area contributed by atoms with E-state index in [9.17, 15) is 24.9 Å². The van der Waals surface area contributed by atoms with Gasteiger partial charge < -0.3 is 38.7 Å². The summed E-state index contributed by atoms with van der Waals surface area (Å²) in [5, 5.41) is 30.4. The lowest BCUT2D eigenvalue weighted by Gasteiger charge is -2.40. The molecule has 3 aliphatic heterocycles. The van der Waals surface area contributed by atoms with E-state index in [1.54, 1.807) is 24.3 Å². The van der Waals surface area contributed by atoms with Gasteiger partial charge in [-0.25, -0.2) is 0 Å². The van der Waals surface area contributed by atoms with Gasteiger partial charge in [0.25, 0.3) is 0 Å². The van der Waals surface area contributed by atoms with Crippen molar-refractivity contribution in [1.29, 1.82) is 0 Å². The third kappa shape index (κ3) is 15.7. The summed E-state index contributed by atoms with van der Waals surface area (Å²) in [4.78, 5) is 25.3. The molecular weight excluding hydrogens is 789 g/mol. The van der Waals surface area contributed by atoms with Crippen LogP contribution in [0.3, 0.4) is 0 Å². The van der Waals surface area contributed by atoms with Crippen molar-refractivity contribution in [3.8, 4) is 0 Å². The van der Waals surface area contributed by atoms with E-state index in [1.807, 2.05) is 57.2 Å². The first kappa shape index (κ1) is 53.7. The molecule has 0 saturated carbocycles. The molecule has 11 heteroatoms. The van der Waals surface area contributed by atoms with Crippen molar-refractivity contribution in [2.75, 3.05) is 0 Å². The fraction of sp³-hybridized carbons (Fsp3) is 0.600. The summed E-state index contributed by atoms with van der Waals surface area (Å²) in [6.07, 6.45) is 12.4. The monoisotopic (exact) mass is 867 g/mol. The highest BCUT2D eigenvalue weighted by atomic mass is 28.4. The molecule has 11 atom stereocenters. The molecule has 1 aromatic rings. The van der Waals surface area contributed by atoms with E-state index in [1.165, 1.54) is 13.0 Å². The molecule has 3 heterocycles. The summed E-state index contributed by atoms with van der Waals surface area (Å²) in [5.41, 5.74) is 0.849. The van der Waals surface area contributed by atoms with Gasteiger partial charge in [-0.3, -0.25) is 9.59 Å². The van der Waals surface area contributed by atoms with Crippen molar-refractivity contribution in [2.45, 2.75) is 181 Å². The number of carbonyl (C=O) groups is 2. The SMILES string of the molecule is C.C=C/C=C(\C)[C@H]1OC(=O)C[C@H](O)CC[C@@](C)(O)[C@@H](O)/C=C/[C@@H]1C.C=C/C=C(\C)[C@H]1OC(=O)C[C@H](O[Si](C)(C)C(C)(C)C)CC[C@@]2(C)O[C@@H](c3ccccc3)O[C@H]2/C=C/[C@@H]1C. The van der Waals surface area contributed by atoms with Crippen molar-refractivity contribution in [1.82, 2.24) is 0 Å². The van der Waals surface area contributed by atoms with E-state index in [-0.39, 0.29) is 68.2 Å². The van der Waals surface area contributed by atoms with Crippen molar-refractivity contribution < 1.29 is 48.3 Å². The predicted octanol–water partition coefficient (Wildman–Crippen LogP) is 10.2. The molecular formula is C50H78O10Si. The predicted molar refractivity (Wildman–Crippen MR) is 247 cm³/mol. The third-order valence-corrected chi connectivity index (χ3v) is 16.8. The summed E-state index contributed by atoms with van der Waals surface area (Å²) in [7, 11) is -2.12. The van der Waals surface area contributed by atoms with Crippen LogP contribution in [0.2, 0.25) is 18.1 Å². The van der Waals surface area contributed by atoms with Crippen LogP contribution in [0.4, 0.5) is 0 Å². The van der Waals surface area contributed by atoms with E-state index in [4.69, 9.17) is 23.4 Å². The van der Waals surface area contributed by atoms with Crippen LogP contribution in [0.5, 0.6) is 0 Å². The molecule has 0 aliphatic carbocycles. The first-order valence-electron chi connectivity index (χ1n) is 21.4. The van der Waals surface area contributed by atoms with Crippen LogP contribution in [0.15, 0.2) is 103 Å². The van der Waals surface area contributed by atoms with Gasteiger partial charge in [0.05, 0.1) is 36.3 Å². The fourth-order valence-electron chi connectivity index (χ4n) is 7.29. The minimum atomic E-state index is -2.12. The highest BCUT2D eigenvalue weighted by Crippen LogP contribution is 2.44. The van der Waals surface area contributed by atoms with Gasteiger partial charge in [0.1, 0.15) is 24.4 Å². The third-order valence-electron chi connectivity index (χ3n) is 12.3. The van der Waals surface area contributed by atoms with E-state index in [0.29, 0.717) is 12.8 Å². The molecule has 0 bridgehead atoms. The number of allylic oxidation sites excluding steroid dienone is 4. The number of aliphatic hydroxyl groups excluding tert-OH is 2. The number of hydrogen-bond donors (Lipinski definition) is 3. The van der Waals surface area contributed by atoms with Crippen LogP contribution in [0, 0.1) is 11.8 Å². The smallest absolute Gasteiger partial charge is 0.309 e. The van der Waals surface area contributed by atoms with Crippen molar-refractivity contribution in [2.24, 2.45) is 11.8 Å². The molecule has 1 saturated heterocycles. The number of fused-ring (bicyclic) bond motifs is 1. The summed E-state index contributed by atoms with van der Waals surface area (Å²) in [5.74, 6) is -0.973. The van der Waals surface area contributed by atoms with Gasteiger partial charge in [0.2, 0.25) is 0 Å². The average molecular weight is 867 g/mol. The molecule has 0 radical (unpaired) electrons. The topological polar surface area (TPSA) is 141 Å². The van der Waals surface area contributed by atoms with Crippen LogP contribution in [0.1, 0.15) is 120 Å². The molecule has 3 aliphatic rings. The van der Waals surface area contributed by atoms with E-state index in [0.717, 1.165) is 16.7 Å². The maximum Gasteiger partial charge on any atom is 0.309 e. The lowest BCUT2D eigenvalue weighted by Crippen LogP contribution is -2.45. The maximum atomic E-state index is 13.2. The van der Waals surface area contributed by atoms with Crippen LogP contribution in [-0.4, -0.2) is 83.4 Å². The Morgan fingerprint density at radius 1 is 0.836 bits per heavy atom. The minimum absolute atomic E-state index is 0. The molecule has 10 nitrogen and oxygen atoms in total. The molecule has 0 amide bonds. The van der Waals surface area contributed by atoms with E-state index in [2.05, 4.69) is 73.0 Å². The first-order chi connectivity index (χ1) is 27.9. The zero-order valence-corrected chi connectivity index (χ0v) is 39.1. The number of esters is 2. The van der Waals surface area contributed by atoms with Crippen LogP contribution < -0.4 is 0 Å². The summed E-state index contributed by atoms with van der Waals surface area (Å²) >= 11 is 0. The number of aliphatic hydroxyl groups is 3. The van der Waals surface area contributed by atoms with Gasteiger partial charge in [0.15, 0.2) is 14.6 Å². The minimum Gasteiger partial charge on any atom is -0.457 e. The summed E-state index contributed by atoms with van der Waals surface area (Å²) in [6.45, 7) is 29.9. The van der Waals surface area contributed by atoms with Gasteiger partial charge in [0, 0.05) is 17.4 Å². The molecule has 1 fully saturated rings. The van der Waals surface area contributed by atoms with Gasteiger partial charge in [-0.1, -0.05) is 134 Å². The molecule has 61 heavy (non-hydrogen) atoms. The maximum absolute atomic E-state index is 13.2. The molecule has 3 N–H and O–H groups in total. The largest absolute Gasteiger partial charge is 0.457 e. The Hall–Kier alpha value is -3.42. The summed E-state index contributed by atoms with van der Waals surface area (Å²) < 4.78 is 31.4. The quantitative estimate of drug-likeness (QED) is 0.105. The van der Waals surface area contributed by atoms with Crippen LogP contribution in [-0.2, 0) is 33.0 Å². The number of hydrogen-bond acceptors (Lipinski definition) is 10. The normalized spacial score (nSPS) is 34.7. The number of carbonyl (C=O) groups excluding carboxylic acids is 2. The number of rotatable bonds is 7. The van der Waals surface area contributed by atoms with Gasteiger partial charge >= 0.3 is 11.9 Å². The Labute approximate surface area is 368 Å². The Morgan fingerprint density at radius 2 is 1.36 bits per heavy atom. The molecule has 1 aromatic carbocycles. The highest BCUT2D eigenvalue weighted by Gasteiger charge is 2.47. The summed E-state index contributed by atoms with van der Waals surface area (Å²) in [6, 6.07) is 10.1. The highest BCUT2D eigenvalue weighted by molar-refractivity contribution is 6.74. The second kappa shape index (κ2) is 23.3. The number of benzene rings is 1. The molecule has 4 rings (SSSR count). The molecule has 342 valence electrons. The zero-order valence-electron chi connectivity index (χ0n) is 38.1. The molecule has 0 spiro atoms. The van der Waals surface area contributed by atoms with Gasteiger partial charge in [-0.15, -0.1) is 0 Å². The van der Waals surface area contributed by atoms with E-state index < -0.39 is 56.2 Å².